The maximum atomic E-state index is 11.0. The summed E-state index contributed by atoms with van der Waals surface area (Å²) in [5, 5.41) is 26.1. The van der Waals surface area contributed by atoms with E-state index >= 15 is 0 Å². The van der Waals surface area contributed by atoms with Crippen molar-refractivity contribution in [2.75, 3.05) is 5.32 Å². The number of anilines is 1. The Morgan fingerprint density at radius 3 is 2.55 bits per heavy atom. The largest absolute Gasteiger partial charge is 0.505 e. The van der Waals surface area contributed by atoms with E-state index in [-0.39, 0.29) is 11.4 Å². The third kappa shape index (κ3) is 3.70. The number of aryl methyl sites for hydroxylation is 1. The van der Waals surface area contributed by atoms with Gasteiger partial charge in [-0.3, -0.25) is 15.1 Å². The number of phenols is 1. The number of nitro groups is 1. The van der Waals surface area contributed by atoms with Crippen LogP contribution >= 0.6 is 0 Å². The summed E-state index contributed by atoms with van der Waals surface area (Å²) in [5.41, 5.74) is 2.71. The Balaban J connectivity index is 1.83. The van der Waals surface area contributed by atoms with E-state index in [1.807, 2.05) is 49.4 Å². The molecule has 7 nitrogen and oxygen atoms in total. The predicted octanol–water partition coefficient (Wildman–Crippen LogP) is 4.75. The Morgan fingerprint density at radius 2 is 1.83 bits per heavy atom. The molecule has 0 fully saturated rings. The average Bonchev–Trinajstić information content (AvgIpc) is 2.73. The number of aromatic nitrogens is 2. The van der Waals surface area contributed by atoms with Gasteiger partial charge in [0.05, 0.1) is 11.0 Å². The van der Waals surface area contributed by atoms with Gasteiger partial charge in [-0.1, -0.05) is 24.3 Å². The van der Waals surface area contributed by atoms with Gasteiger partial charge in [-0.25, -0.2) is 4.98 Å². The van der Waals surface area contributed by atoms with Crippen molar-refractivity contribution in [2.24, 2.45) is 0 Å². The van der Waals surface area contributed by atoms with Crippen LogP contribution in [0.1, 0.15) is 22.9 Å². The zero-order valence-corrected chi connectivity index (χ0v) is 15.6. The first kappa shape index (κ1) is 18.4. The zero-order chi connectivity index (χ0) is 20.4. The van der Waals surface area contributed by atoms with Crippen LogP contribution in [-0.2, 0) is 0 Å². The van der Waals surface area contributed by atoms with Gasteiger partial charge in [0.15, 0.2) is 0 Å². The minimum atomic E-state index is -0.475. The predicted molar refractivity (Wildman–Crippen MR) is 111 cm³/mol. The quantitative estimate of drug-likeness (QED) is 0.379. The number of hydrogen-bond donors (Lipinski definition) is 2. The van der Waals surface area contributed by atoms with Crippen molar-refractivity contribution < 1.29 is 10.0 Å². The monoisotopic (exact) mass is 386 g/mol. The molecule has 0 bridgehead atoms. The van der Waals surface area contributed by atoms with E-state index in [4.69, 9.17) is 0 Å². The fourth-order valence-electron chi connectivity index (χ4n) is 3.28. The van der Waals surface area contributed by atoms with Crippen molar-refractivity contribution in [1.29, 1.82) is 0 Å². The van der Waals surface area contributed by atoms with Crippen molar-refractivity contribution in [2.45, 2.75) is 13.0 Å². The minimum Gasteiger partial charge on any atom is -0.505 e. The van der Waals surface area contributed by atoms with Crippen LogP contribution in [0.3, 0.4) is 0 Å². The Bertz CT molecular complexity index is 1190. The number of pyridine rings is 2. The van der Waals surface area contributed by atoms with Crippen LogP contribution in [0.5, 0.6) is 5.75 Å². The van der Waals surface area contributed by atoms with Crippen LogP contribution in [0.25, 0.3) is 10.9 Å². The molecule has 4 rings (SSSR count). The molecule has 2 N–H and O–H groups in total. The summed E-state index contributed by atoms with van der Waals surface area (Å²) >= 11 is 0. The van der Waals surface area contributed by atoms with Crippen molar-refractivity contribution in [3.8, 4) is 5.75 Å². The molecular formula is C22H18N4O3. The van der Waals surface area contributed by atoms with Gasteiger partial charge in [0.1, 0.15) is 17.1 Å². The third-order valence-electron chi connectivity index (χ3n) is 4.71. The van der Waals surface area contributed by atoms with Gasteiger partial charge < -0.3 is 10.4 Å². The maximum Gasteiger partial charge on any atom is 0.269 e. The number of phenolic OH excluding ortho intramolecular Hbond substituents is 1. The number of nitrogens with zero attached hydrogens (tertiary/aromatic N) is 3. The number of rotatable bonds is 5. The van der Waals surface area contributed by atoms with Gasteiger partial charge in [-0.05, 0) is 42.8 Å². The van der Waals surface area contributed by atoms with Crippen LogP contribution in [0, 0.1) is 17.0 Å². The van der Waals surface area contributed by atoms with Crippen LogP contribution in [0.2, 0.25) is 0 Å². The number of nitrogens with one attached hydrogen (secondary N) is 1. The summed E-state index contributed by atoms with van der Waals surface area (Å²) in [6, 6.07) is 18.8. The molecule has 7 heteroatoms. The number of non-ortho nitro benzene ring substituents is 1. The Morgan fingerprint density at radius 1 is 1.03 bits per heavy atom. The van der Waals surface area contributed by atoms with Gasteiger partial charge in [0.25, 0.3) is 5.69 Å². The summed E-state index contributed by atoms with van der Waals surface area (Å²) in [6.45, 7) is 1.89. The molecule has 0 saturated carbocycles. The highest BCUT2D eigenvalue weighted by atomic mass is 16.6. The van der Waals surface area contributed by atoms with Crippen molar-refractivity contribution in [3.05, 3.63) is 99.9 Å². The topological polar surface area (TPSA) is 101 Å². The lowest BCUT2D eigenvalue weighted by Gasteiger charge is -2.22. The van der Waals surface area contributed by atoms with Crippen molar-refractivity contribution in [3.63, 3.8) is 0 Å². The lowest BCUT2D eigenvalue weighted by molar-refractivity contribution is -0.384. The van der Waals surface area contributed by atoms with Crippen molar-refractivity contribution >= 4 is 22.4 Å². The number of fused-ring (bicyclic) bond motifs is 1. The Kier molecular flexibility index (Phi) is 4.78. The molecule has 29 heavy (non-hydrogen) atoms. The second kappa shape index (κ2) is 7.55. The summed E-state index contributed by atoms with van der Waals surface area (Å²) in [5.74, 6) is 0.695. The Labute approximate surface area is 166 Å². The molecule has 2 aromatic heterocycles. The molecule has 2 aromatic carbocycles. The summed E-state index contributed by atoms with van der Waals surface area (Å²) in [6.07, 6.45) is 1.63. The standard InChI is InChI=1S/C22H18N4O3/c1-14-4-2-6-19(24-14)25-20(16-7-10-17(11-8-16)26(28)29)18-12-9-15-5-3-13-23-21(15)22(18)27/h2-13,20,27H,1H3,(H,24,25)/t20-/m0/s1. The number of benzene rings is 2. The summed E-state index contributed by atoms with van der Waals surface area (Å²) in [4.78, 5) is 19.4. The highest BCUT2D eigenvalue weighted by Crippen LogP contribution is 2.36. The summed E-state index contributed by atoms with van der Waals surface area (Å²) in [7, 11) is 0. The zero-order valence-electron chi connectivity index (χ0n) is 15.6. The molecule has 2 heterocycles. The Hall–Kier alpha value is -4.00. The van der Waals surface area contributed by atoms with E-state index in [1.54, 1.807) is 18.3 Å². The molecule has 0 aliphatic carbocycles. The molecular weight excluding hydrogens is 368 g/mol. The molecule has 0 aliphatic rings. The van der Waals surface area contributed by atoms with Crippen LogP contribution < -0.4 is 5.32 Å². The van der Waals surface area contributed by atoms with Gasteiger partial charge >= 0.3 is 0 Å². The first-order valence-corrected chi connectivity index (χ1v) is 9.04. The summed E-state index contributed by atoms with van der Waals surface area (Å²) < 4.78 is 0. The van der Waals surface area contributed by atoms with E-state index in [0.717, 1.165) is 16.6 Å². The number of nitro benzene ring substituents is 1. The first-order valence-electron chi connectivity index (χ1n) is 9.04. The molecule has 4 aromatic rings. The SMILES string of the molecule is Cc1cccc(N[C@@H](c2ccc([N+](=O)[O-])cc2)c2ccc3cccnc3c2O)n1. The highest BCUT2D eigenvalue weighted by Gasteiger charge is 2.21. The third-order valence-corrected chi connectivity index (χ3v) is 4.71. The molecule has 0 spiro atoms. The number of aromatic hydroxyl groups is 1. The first-order chi connectivity index (χ1) is 14.0. The molecule has 1 atom stereocenters. The normalized spacial score (nSPS) is 11.9. The molecule has 0 unspecified atom stereocenters. The van der Waals surface area contributed by atoms with Crippen LogP contribution in [0.4, 0.5) is 11.5 Å². The van der Waals surface area contributed by atoms with Crippen LogP contribution in [0.15, 0.2) is 72.9 Å². The fraction of sp³-hybridized carbons (Fsp3) is 0.0909. The molecule has 144 valence electrons. The van der Waals surface area contributed by atoms with Gasteiger partial charge in [0.2, 0.25) is 0 Å². The smallest absolute Gasteiger partial charge is 0.269 e. The maximum absolute atomic E-state index is 11.0. The molecule has 0 saturated heterocycles. The lowest BCUT2D eigenvalue weighted by Crippen LogP contribution is -2.14. The molecule has 0 radical (unpaired) electrons. The fourth-order valence-corrected chi connectivity index (χ4v) is 3.28. The minimum absolute atomic E-state index is 0.00517. The van der Waals surface area contributed by atoms with E-state index in [1.165, 1.54) is 12.1 Å². The van der Waals surface area contributed by atoms with E-state index in [0.29, 0.717) is 16.9 Å². The van der Waals surface area contributed by atoms with Gasteiger partial charge in [0, 0.05) is 35.0 Å². The van der Waals surface area contributed by atoms with Gasteiger partial charge in [-0.15, -0.1) is 0 Å². The second-order valence-corrected chi connectivity index (χ2v) is 6.67. The van der Waals surface area contributed by atoms with Gasteiger partial charge in [-0.2, -0.15) is 0 Å². The van der Waals surface area contributed by atoms with E-state index < -0.39 is 11.0 Å². The van der Waals surface area contributed by atoms with Crippen molar-refractivity contribution in [1.82, 2.24) is 9.97 Å². The second-order valence-electron chi connectivity index (χ2n) is 6.67. The van der Waals surface area contributed by atoms with E-state index in [9.17, 15) is 15.2 Å². The highest BCUT2D eigenvalue weighted by molar-refractivity contribution is 5.86. The van der Waals surface area contributed by atoms with E-state index in [2.05, 4.69) is 15.3 Å². The lowest BCUT2D eigenvalue weighted by atomic mass is 9.96. The molecule has 0 amide bonds. The average molecular weight is 386 g/mol. The molecule has 0 aliphatic heterocycles. The number of hydrogen-bond acceptors (Lipinski definition) is 6. The van der Waals surface area contributed by atoms with Crippen LogP contribution in [-0.4, -0.2) is 20.0 Å².